The molecule has 0 spiro atoms. The maximum Gasteiger partial charge on any atom is 0.429 e. The highest BCUT2D eigenvalue weighted by Gasteiger charge is 2.33. The van der Waals surface area contributed by atoms with E-state index in [-0.39, 0.29) is 12.7 Å². The van der Waals surface area contributed by atoms with Gasteiger partial charge in [-0.2, -0.15) is 0 Å². The quantitative estimate of drug-likeness (QED) is 0.753. The highest BCUT2D eigenvalue weighted by Crippen LogP contribution is 2.30. The van der Waals surface area contributed by atoms with Crippen LogP contribution in [0.5, 0.6) is 0 Å². The summed E-state index contributed by atoms with van der Waals surface area (Å²) in [4.78, 5) is 15.7. The summed E-state index contributed by atoms with van der Waals surface area (Å²) >= 11 is 0. The smallest absolute Gasteiger partial charge is 0.429 e. The van der Waals surface area contributed by atoms with Crippen LogP contribution in [0.25, 0.3) is 0 Å². The Morgan fingerprint density at radius 2 is 1.80 bits per heavy atom. The molecule has 2 aromatic rings. The Bertz CT molecular complexity index is 739. The van der Waals surface area contributed by atoms with Gasteiger partial charge in [0, 0.05) is 32.2 Å². The molecule has 4 rings (SSSR count). The van der Waals surface area contributed by atoms with Gasteiger partial charge in [-0.3, -0.25) is 4.90 Å². The van der Waals surface area contributed by atoms with Crippen molar-refractivity contribution in [3.63, 3.8) is 0 Å². The lowest BCUT2D eigenvalue weighted by Gasteiger charge is -2.42. The van der Waals surface area contributed by atoms with Gasteiger partial charge in [0.1, 0.15) is 19.3 Å². The standard InChI is InChI=1S/C22H32N6O2/c29-22(30-16-19-7-3-1-4-8-19)28(27-17-24-25-18-27)15-21(20-9-5-2-6-10-20)26-13-11-23-12-14-26/h1,3-4,7-8,17-18,20-21,23H,2,5-6,9-16H2/t21-/m1/s1. The number of hydrogen-bond donors (Lipinski definition) is 1. The summed E-state index contributed by atoms with van der Waals surface area (Å²) in [5, 5.41) is 12.9. The predicted molar refractivity (Wildman–Crippen MR) is 115 cm³/mol. The predicted octanol–water partition coefficient (Wildman–Crippen LogP) is 2.41. The van der Waals surface area contributed by atoms with Crippen molar-refractivity contribution in [1.29, 1.82) is 0 Å². The number of nitrogens with one attached hydrogen (secondary N) is 1. The molecule has 1 aliphatic carbocycles. The van der Waals surface area contributed by atoms with Crippen molar-refractivity contribution in [2.24, 2.45) is 5.92 Å². The van der Waals surface area contributed by atoms with Crippen LogP contribution in [0.3, 0.4) is 0 Å². The highest BCUT2D eigenvalue weighted by molar-refractivity contribution is 5.78. The average Bonchev–Trinajstić information content (AvgIpc) is 3.35. The Balaban J connectivity index is 1.50. The van der Waals surface area contributed by atoms with Crippen LogP contribution < -0.4 is 10.3 Å². The second-order valence-corrected chi connectivity index (χ2v) is 8.22. The summed E-state index contributed by atoms with van der Waals surface area (Å²) in [5.41, 5.74) is 0.973. The molecule has 2 aliphatic rings. The fourth-order valence-electron chi connectivity index (χ4n) is 4.65. The Kier molecular flexibility index (Phi) is 7.31. The third-order valence-corrected chi connectivity index (χ3v) is 6.28. The second kappa shape index (κ2) is 10.5. The first-order valence-electron chi connectivity index (χ1n) is 11.1. The molecule has 8 heteroatoms. The minimum Gasteiger partial charge on any atom is -0.443 e. The lowest BCUT2D eigenvalue weighted by Crippen LogP contribution is -2.57. The monoisotopic (exact) mass is 412 g/mol. The molecule has 0 bridgehead atoms. The number of carbonyl (C=O) groups excluding carboxylic acids is 1. The Hall–Kier alpha value is -2.45. The molecular formula is C22H32N6O2. The molecule has 1 aromatic carbocycles. The van der Waals surface area contributed by atoms with Crippen LogP contribution in [0.4, 0.5) is 4.79 Å². The van der Waals surface area contributed by atoms with Crippen LogP contribution in [0.15, 0.2) is 43.0 Å². The first-order valence-corrected chi connectivity index (χ1v) is 11.1. The van der Waals surface area contributed by atoms with Crippen LogP contribution >= 0.6 is 0 Å². The summed E-state index contributed by atoms with van der Waals surface area (Å²) in [6.45, 7) is 4.84. The van der Waals surface area contributed by atoms with Crippen LogP contribution in [-0.4, -0.2) is 64.6 Å². The van der Waals surface area contributed by atoms with E-state index in [2.05, 4.69) is 20.4 Å². The molecule has 0 unspecified atom stereocenters. The van der Waals surface area contributed by atoms with Gasteiger partial charge in [-0.05, 0) is 24.3 Å². The summed E-state index contributed by atoms with van der Waals surface area (Å²) in [7, 11) is 0. The van der Waals surface area contributed by atoms with Crippen molar-refractivity contribution in [2.45, 2.75) is 44.8 Å². The van der Waals surface area contributed by atoms with E-state index < -0.39 is 0 Å². The van der Waals surface area contributed by atoms with Gasteiger partial charge >= 0.3 is 6.09 Å². The number of benzene rings is 1. The molecule has 1 N–H and O–H groups in total. The third-order valence-electron chi connectivity index (χ3n) is 6.28. The molecule has 8 nitrogen and oxygen atoms in total. The zero-order valence-electron chi connectivity index (χ0n) is 17.5. The van der Waals surface area contributed by atoms with Gasteiger partial charge in [-0.1, -0.05) is 49.6 Å². The van der Waals surface area contributed by atoms with Gasteiger partial charge in [0.15, 0.2) is 0 Å². The zero-order valence-corrected chi connectivity index (χ0v) is 17.5. The van der Waals surface area contributed by atoms with E-state index in [0.29, 0.717) is 18.5 Å². The second-order valence-electron chi connectivity index (χ2n) is 8.22. The van der Waals surface area contributed by atoms with Crippen LogP contribution in [0.1, 0.15) is 37.7 Å². The molecule has 30 heavy (non-hydrogen) atoms. The Labute approximate surface area is 178 Å². The minimum atomic E-state index is -0.366. The Morgan fingerprint density at radius 3 is 2.50 bits per heavy atom. The molecule has 2 heterocycles. The number of amides is 1. The third kappa shape index (κ3) is 5.37. The number of carbonyl (C=O) groups is 1. The normalized spacial score (nSPS) is 19.3. The SMILES string of the molecule is O=C(OCc1ccccc1)N(C[C@H](C1CCCCC1)N1CCNCC1)n1cnnc1. The molecule has 1 aliphatic heterocycles. The molecule has 2 fully saturated rings. The number of ether oxygens (including phenoxy) is 1. The largest absolute Gasteiger partial charge is 0.443 e. The van der Waals surface area contributed by atoms with Gasteiger partial charge in [0.2, 0.25) is 0 Å². The fraction of sp³-hybridized carbons (Fsp3) is 0.591. The molecule has 1 atom stereocenters. The lowest BCUT2D eigenvalue weighted by molar-refractivity contribution is 0.0955. The average molecular weight is 413 g/mol. The summed E-state index contributed by atoms with van der Waals surface area (Å²) in [5.74, 6) is 0.595. The number of piperazine rings is 1. The van der Waals surface area contributed by atoms with E-state index in [1.54, 1.807) is 22.3 Å². The molecule has 1 saturated carbocycles. The number of nitrogens with zero attached hydrogens (tertiary/aromatic N) is 5. The van der Waals surface area contributed by atoms with Crippen molar-refractivity contribution in [3.05, 3.63) is 48.5 Å². The molecule has 1 saturated heterocycles. The van der Waals surface area contributed by atoms with Crippen molar-refractivity contribution >= 4 is 6.09 Å². The molecule has 1 aromatic heterocycles. The van der Waals surface area contributed by atoms with E-state index in [0.717, 1.165) is 31.7 Å². The summed E-state index contributed by atoms with van der Waals surface area (Å²) < 4.78 is 7.33. The van der Waals surface area contributed by atoms with E-state index in [9.17, 15) is 4.79 Å². The van der Waals surface area contributed by atoms with Crippen molar-refractivity contribution < 1.29 is 9.53 Å². The van der Waals surface area contributed by atoms with E-state index in [4.69, 9.17) is 4.74 Å². The van der Waals surface area contributed by atoms with Crippen molar-refractivity contribution in [2.75, 3.05) is 37.7 Å². The maximum absolute atomic E-state index is 13.1. The highest BCUT2D eigenvalue weighted by atomic mass is 16.6. The maximum atomic E-state index is 13.1. The van der Waals surface area contributed by atoms with Crippen molar-refractivity contribution in [3.8, 4) is 0 Å². The first kappa shape index (κ1) is 20.8. The summed E-state index contributed by atoms with van der Waals surface area (Å²) in [6, 6.07) is 10.1. The first-order chi connectivity index (χ1) is 14.8. The van der Waals surface area contributed by atoms with Gasteiger partial charge in [0.25, 0.3) is 0 Å². The molecule has 0 radical (unpaired) electrons. The number of hydrogen-bond acceptors (Lipinski definition) is 6. The van der Waals surface area contributed by atoms with E-state index >= 15 is 0 Å². The van der Waals surface area contributed by atoms with Gasteiger partial charge in [-0.25, -0.2) is 14.5 Å². The summed E-state index contributed by atoms with van der Waals surface area (Å²) in [6.07, 6.45) is 9.09. The van der Waals surface area contributed by atoms with Crippen molar-refractivity contribution in [1.82, 2.24) is 25.1 Å². The van der Waals surface area contributed by atoms with Crippen LogP contribution in [0, 0.1) is 5.92 Å². The number of rotatable bonds is 7. The minimum absolute atomic E-state index is 0.250. The fourth-order valence-corrected chi connectivity index (χ4v) is 4.65. The zero-order chi connectivity index (χ0) is 20.6. The molecular weight excluding hydrogens is 380 g/mol. The Morgan fingerprint density at radius 1 is 1.10 bits per heavy atom. The van der Waals surface area contributed by atoms with E-state index in [1.807, 2.05) is 30.3 Å². The number of aromatic nitrogens is 3. The topological polar surface area (TPSA) is 75.5 Å². The van der Waals surface area contributed by atoms with Crippen LogP contribution in [-0.2, 0) is 11.3 Å². The van der Waals surface area contributed by atoms with Gasteiger partial charge in [-0.15, -0.1) is 10.2 Å². The van der Waals surface area contributed by atoms with Gasteiger partial charge < -0.3 is 10.1 Å². The lowest BCUT2D eigenvalue weighted by atomic mass is 9.83. The van der Waals surface area contributed by atoms with E-state index in [1.165, 1.54) is 32.1 Å². The van der Waals surface area contributed by atoms with Crippen LogP contribution in [0.2, 0.25) is 0 Å². The molecule has 1 amide bonds. The molecule has 162 valence electrons. The van der Waals surface area contributed by atoms with Gasteiger partial charge in [0.05, 0.1) is 6.54 Å².